The summed E-state index contributed by atoms with van der Waals surface area (Å²) in [5, 5.41) is -4.26. The van der Waals surface area contributed by atoms with E-state index in [1.165, 1.54) is 0 Å². The molecule has 3 nitrogen and oxygen atoms in total. The molecule has 9 aromatic carbocycles. The molecule has 258 valence electrons. The van der Waals surface area contributed by atoms with E-state index in [-0.39, 0.29) is 4.90 Å². The topological polar surface area (TPSA) is 21.3 Å². The average molecular weight is 737 g/mol. The molecule has 0 amide bonds. The zero-order valence-electron chi connectivity index (χ0n) is 61.3. The number of fused-ring (bicyclic) bond motifs is 7. The van der Waals surface area contributed by atoms with E-state index in [9.17, 15) is 17.8 Å². The molecule has 0 spiro atoms. The van der Waals surface area contributed by atoms with E-state index in [2.05, 4.69) is 0 Å². The normalized spacial score (nSPS) is 20.3. The standard InChI is InChI=1S/C52H34N2O/c1-2-17-37(18-3-1)53(38-31-29-36(30-32-38)41-24-14-16-35-15-4-5-19-40(35)41)39-33-46(52-47(34-39)45-23-9-13-28-51(45)55-52)44-22-8-12-27-50(44)54-48-25-10-6-20-42(48)43-21-7-11-26-49(43)54/h1-34H/i1D,2D,3D,4D,5D,6D,7D,8D,9D,10D,11D,12D,13D,14D,15D,16D,17D,18D,19D,20D,21D,22D,23D,24D,25D,26D,27D,28D,29D,30D,31D,32D,33D,34D. The van der Waals surface area contributed by atoms with Crippen LogP contribution in [0.4, 0.5) is 17.1 Å². The van der Waals surface area contributed by atoms with Crippen LogP contribution in [0.15, 0.2) is 210 Å². The Balaban J connectivity index is 1.43. The van der Waals surface area contributed by atoms with Gasteiger partial charge in [-0.25, -0.2) is 0 Å². The number of para-hydroxylation sites is 5. The first kappa shape index (κ1) is 12.3. The van der Waals surface area contributed by atoms with Gasteiger partial charge in [-0.3, -0.25) is 0 Å². The van der Waals surface area contributed by atoms with Crippen molar-refractivity contribution in [2.45, 2.75) is 0 Å². The van der Waals surface area contributed by atoms with Gasteiger partial charge in [0.05, 0.1) is 63.3 Å². The van der Waals surface area contributed by atoms with Gasteiger partial charge in [-0.1, -0.05) is 145 Å². The van der Waals surface area contributed by atoms with Crippen molar-refractivity contribution < 1.29 is 51.0 Å². The lowest BCUT2D eigenvalue weighted by molar-refractivity contribution is 0.670. The quantitative estimate of drug-likeness (QED) is 0.169. The third kappa shape index (κ3) is 5.05. The van der Waals surface area contributed by atoms with Gasteiger partial charge in [0.15, 0.2) is 0 Å². The van der Waals surface area contributed by atoms with Crippen molar-refractivity contribution in [3.8, 4) is 27.9 Å². The summed E-state index contributed by atoms with van der Waals surface area (Å²) in [5.41, 5.74) is -12.0. The first-order valence-electron chi connectivity index (χ1n) is 33.0. The minimum absolute atomic E-state index is 0.288. The summed E-state index contributed by atoms with van der Waals surface area (Å²) in [4.78, 5) is 0.288. The van der Waals surface area contributed by atoms with Crippen LogP contribution in [0.3, 0.4) is 0 Å². The van der Waals surface area contributed by atoms with Gasteiger partial charge in [-0.2, -0.15) is 0 Å². The van der Waals surface area contributed by atoms with Crippen molar-refractivity contribution in [2.75, 3.05) is 4.90 Å². The number of hydrogen-bond acceptors (Lipinski definition) is 2. The zero-order valence-corrected chi connectivity index (χ0v) is 27.3. The number of rotatable bonds is 6. The molecular formula is C52H34N2O. The number of hydrogen-bond donors (Lipinski definition) is 0. The maximum atomic E-state index is 10.5. The molecule has 55 heavy (non-hydrogen) atoms. The fraction of sp³-hybridized carbons (Fsp3) is 0. The van der Waals surface area contributed by atoms with E-state index in [0.717, 1.165) is 0 Å². The molecule has 0 bridgehead atoms. The van der Waals surface area contributed by atoms with Crippen LogP contribution in [0.1, 0.15) is 46.6 Å². The highest BCUT2D eigenvalue weighted by molar-refractivity contribution is 6.14. The number of furan rings is 1. The Morgan fingerprint density at radius 3 is 1.76 bits per heavy atom. The predicted molar refractivity (Wildman–Crippen MR) is 231 cm³/mol. The Morgan fingerprint density at radius 1 is 0.400 bits per heavy atom. The lowest BCUT2D eigenvalue weighted by Gasteiger charge is -2.27. The summed E-state index contributed by atoms with van der Waals surface area (Å²) in [6, 6.07) is -36.9. The monoisotopic (exact) mass is 736 g/mol. The molecule has 0 saturated heterocycles. The minimum atomic E-state index is -1.37. The van der Waals surface area contributed by atoms with E-state index in [1.54, 1.807) is 0 Å². The molecular weight excluding hydrogens is 669 g/mol. The predicted octanol–water partition coefficient (Wildman–Crippen LogP) is 14.6. The molecule has 0 atom stereocenters. The lowest BCUT2D eigenvalue weighted by atomic mass is 9.97. The van der Waals surface area contributed by atoms with Crippen molar-refractivity contribution >= 4 is 71.6 Å². The highest BCUT2D eigenvalue weighted by Gasteiger charge is 2.22. The van der Waals surface area contributed by atoms with Gasteiger partial charge in [0.1, 0.15) is 11.2 Å². The highest BCUT2D eigenvalue weighted by Crippen LogP contribution is 2.46. The van der Waals surface area contributed by atoms with E-state index in [0.29, 0.717) is 4.57 Å². The second kappa shape index (κ2) is 12.6. The van der Waals surface area contributed by atoms with Gasteiger partial charge in [-0.15, -0.1) is 0 Å². The molecule has 0 aliphatic rings. The highest BCUT2D eigenvalue weighted by atomic mass is 16.3. The van der Waals surface area contributed by atoms with Crippen LogP contribution in [-0.4, -0.2) is 4.57 Å². The van der Waals surface area contributed by atoms with Gasteiger partial charge < -0.3 is 13.9 Å². The summed E-state index contributed by atoms with van der Waals surface area (Å²) in [7, 11) is 0. The maximum absolute atomic E-state index is 10.5. The van der Waals surface area contributed by atoms with E-state index in [4.69, 9.17) is 33.2 Å². The van der Waals surface area contributed by atoms with E-state index in [1.807, 2.05) is 0 Å². The number of anilines is 3. The fourth-order valence-corrected chi connectivity index (χ4v) is 6.26. The smallest absolute Gasteiger partial charge is 0.143 e. The summed E-state index contributed by atoms with van der Waals surface area (Å²) in [6.45, 7) is 0. The molecule has 0 saturated carbocycles. The Labute approximate surface area is 366 Å². The molecule has 0 unspecified atom stereocenters. The molecule has 0 radical (unpaired) electrons. The molecule has 11 aromatic rings. The summed E-state index contributed by atoms with van der Waals surface area (Å²) in [6.07, 6.45) is 0. The van der Waals surface area contributed by atoms with Crippen molar-refractivity contribution in [3.63, 3.8) is 0 Å². The molecule has 2 aromatic heterocycles. The maximum Gasteiger partial charge on any atom is 0.143 e. The van der Waals surface area contributed by atoms with Crippen LogP contribution in [-0.2, 0) is 0 Å². The molecule has 2 heterocycles. The Kier molecular flexibility index (Phi) is 2.84. The van der Waals surface area contributed by atoms with Crippen LogP contribution in [0, 0.1) is 0 Å². The van der Waals surface area contributed by atoms with Crippen molar-refractivity contribution in [1.29, 1.82) is 0 Å². The molecule has 0 aliphatic carbocycles. The summed E-state index contributed by atoms with van der Waals surface area (Å²) < 4.78 is 317. The van der Waals surface area contributed by atoms with E-state index < -0.39 is 305 Å². The third-order valence-electron chi connectivity index (χ3n) is 8.55. The molecule has 0 fully saturated rings. The zero-order chi connectivity index (χ0) is 65.9. The van der Waals surface area contributed by atoms with Crippen molar-refractivity contribution in [1.82, 2.24) is 4.57 Å². The van der Waals surface area contributed by atoms with Gasteiger partial charge in [-0.05, 0) is 82.3 Å². The van der Waals surface area contributed by atoms with Crippen molar-refractivity contribution in [3.05, 3.63) is 205 Å². The van der Waals surface area contributed by atoms with E-state index >= 15 is 0 Å². The second-order valence-electron chi connectivity index (χ2n) is 11.5. The van der Waals surface area contributed by atoms with Gasteiger partial charge >= 0.3 is 0 Å². The summed E-state index contributed by atoms with van der Waals surface area (Å²) in [5.74, 6) is 0. The first-order valence-corrected chi connectivity index (χ1v) is 16.0. The first-order chi connectivity index (χ1) is 41.4. The largest absolute Gasteiger partial charge is 0.455 e. The fourth-order valence-electron chi connectivity index (χ4n) is 6.26. The number of aromatic nitrogens is 1. The lowest BCUT2D eigenvalue weighted by Crippen LogP contribution is -2.10. The second-order valence-corrected chi connectivity index (χ2v) is 11.5. The Hall–Kier alpha value is -7.36. The third-order valence-corrected chi connectivity index (χ3v) is 8.55. The molecule has 0 N–H and O–H groups in total. The van der Waals surface area contributed by atoms with Crippen LogP contribution in [0.25, 0.3) is 82.5 Å². The molecule has 3 heteroatoms. The van der Waals surface area contributed by atoms with Crippen LogP contribution in [0.2, 0.25) is 0 Å². The molecule has 0 aliphatic heterocycles. The van der Waals surface area contributed by atoms with Crippen LogP contribution >= 0.6 is 0 Å². The van der Waals surface area contributed by atoms with Crippen LogP contribution < -0.4 is 4.90 Å². The number of benzene rings is 9. The van der Waals surface area contributed by atoms with Gasteiger partial charge in [0.2, 0.25) is 0 Å². The van der Waals surface area contributed by atoms with Gasteiger partial charge in [0, 0.05) is 49.7 Å². The Bertz CT molecular complexity index is 5060. The Morgan fingerprint density at radius 2 is 0.982 bits per heavy atom. The SMILES string of the molecule is [2H]c1c([2H])c([2H])c(N(c2c([2H])c([2H])c(-c3c([2H])c([2H])c([2H])c4c([2H])c([2H])c([2H])c([2H])c34)c([2H])c2[2H])c2c([2H])c(-c3c([2H])c([2H])c([2H])c([2H])c3-n3c4c([2H])c([2H])c([2H])c([2H])c4c4c([2H])c([2H])c([2H])c([2H])c43)c3oc4c([2H])c([2H])c([2H])c([2H])c4c3c2[2H])c([2H])c1[2H]. The van der Waals surface area contributed by atoms with Crippen LogP contribution in [0.5, 0.6) is 0 Å². The van der Waals surface area contributed by atoms with Crippen molar-refractivity contribution in [2.24, 2.45) is 0 Å². The average Bonchev–Trinajstić information content (AvgIpc) is 1.66. The molecule has 11 rings (SSSR count). The summed E-state index contributed by atoms with van der Waals surface area (Å²) >= 11 is 0. The van der Waals surface area contributed by atoms with Gasteiger partial charge in [0.25, 0.3) is 0 Å². The number of nitrogens with zero attached hydrogens (tertiary/aromatic N) is 2. The minimum Gasteiger partial charge on any atom is -0.455 e.